The molecule has 3 nitrogen and oxygen atoms in total. The van der Waals surface area contributed by atoms with Crippen LogP contribution >= 0.6 is 0 Å². The highest BCUT2D eigenvalue weighted by Gasteiger charge is 2.06. The molecule has 1 aromatic heterocycles. The summed E-state index contributed by atoms with van der Waals surface area (Å²) in [6.45, 7) is 5.32. The number of hydrogen-bond donors (Lipinski definition) is 1. The van der Waals surface area contributed by atoms with E-state index in [9.17, 15) is 0 Å². The van der Waals surface area contributed by atoms with Crippen molar-refractivity contribution in [3.8, 4) is 11.8 Å². The minimum Gasteiger partial charge on any atom is -0.383 e. The van der Waals surface area contributed by atoms with Crippen LogP contribution in [-0.2, 0) is 17.8 Å². The Morgan fingerprint density at radius 3 is 2.95 bits per heavy atom. The number of methoxy groups -OCH3 is 1. The number of ether oxygens (including phenoxy) is 1. The minimum absolute atomic E-state index is 0.741. The number of hydrogen-bond acceptors (Lipinski definition) is 2. The molecule has 0 spiro atoms. The fraction of sp³-hybridized carbons (Fsp3) is 0.412. The van der Waals surface area contributed by atoms with Crippen molar-refractivity contribution in [1.82, 2.24) is 9.88 Å². The van der Waals surface area contributed by atoms with Gasteiger partial charge in [0.15, 0.2) is 0 Å². The maximum Gasteiger partial charge on any atom is 0.0587 e. The molecule has 0 saturated heterocycles. The van der Waals surface area contributed by atoms with E-state index in [4.69, 9.17) is 4.74 Å². The number of aromatic nitrogens is 1. The summed E-state index contributed by atoms with van der Waals surface area (Å²) < 4.78 is 7.35. The van der Waals surface area contributed by atoms with Crippen LogP contribution < -0.4 is 5.32 Å². The Balaban J connectivity index is 2.14. The van der Waals surface area contributed by atoms with Gasteiger partial charge in [-0.25, -0.2) is 0 Å². The molecule has 1 N–H and O–H groups in total. The van der Waals surface area contributed by atoms with Gasteiger partial charge in [0.1, 0.15) is 0 Å². The SMILES string of the molecule is CC#CCCn1cc(CNCCOC)c2ccccc21. The number of benzene rings is 1. The van der Waals surface area contributed by atoms with Gasteiger partial charge in [0, 0.05) is 50.3 Å². The van der Waals surface area contributed by atoms with E-state index in [1.165, 1.54) is 16.5 Å². The average Bonchev–Trinajstić information content (AvgIpc) is 2.83. The van der Waals surface area contributed by atoms with Crippen molar-refractivity contribution in [2.75, 3.05) is 20.3 Å². The van der Waals surface area contributed by atoms with Gasteiger partial charge in [0.2, 0.25) is 0 Å². The van der Waals surface area contributed by atoms with Crippen LogP contribution in [-0.4, -0.2) is 24.8 Å². The number of nitrogens with zero attached hydrogens (tertiary/aromatic N) is 1. The van der Waals surface area contributed by atoms with Gasteiger partial charge in [-0.1, -0.05) is 18.2 Å². The highest BCUT2D eigenvalue weighted by atomic mass is 16.5. The molecule has 0 amide bonds. The summed E-state index contributed by atoms with van der Waals surface area (Å²) in [7, 11) is 1.72. The van der Waals surface area contributed by atoms with Gasteiger partial charge in [-0.15, -0.1) is 11.8 Å². The Labute approximate surface area is 120 Å². The van der Waals surface area contributed by atoms with Crippen molar-refractivity contribution >= 4 is 10.9 Å². The normalized spacial score (nSPS) is 10.5. The molecule has 0 bridgehead atoms. The molecule has 2 rings (SSSR count). The van der Waals surface area contributed by atoms with Crippen LogP contribution in [0.25, 0.3) is 10.9 Å². The molecule has 0 aliphatic carbocycles. The second kappa shape index (κ2) is 7.74. The maximum absolute atomic E-state index is 5.06. The fourth-order valence-corrected chi connectivity index (χ4v) is 2.35. The summed E-state index contributed by atoms with van der Waals surface area (Å²) in [5.74, 6) is 6.08. The van der Waals surface area contributed by atoms with Gasteiger partial charge in [0.05, 0.1) is 6.61 Å². The van der Waals surface area contributed by atoms with Crippen molar-refractivity contribution in [1.29, 1.82) is 0 Å². The number of para-hydroxylation sites is 1. The van der Waals surface area contributed by atoms with Crippen LogP contribution in [0.3, 0.4) is 0 Å². The smallest absolute Gasteiger partial charge is 0.0587 e. The topological polar surface area (TPSA) is 26.2 Å². The summed E-state index contributed by atoms with van der Waals surface area (Å²) in [5.41, 5.74) is 2.62. The molecule has 0 saturated carbocycles. The second-order valence-corrected chi connectivity index (χ2v) is 4.71. The summed E-state index contributed by atoms with van der Waals surface area (Å²) in [5, 5.41) is 4.73. The minimum atomic E-state index is 0.741. The third kappa shape index (κ3) is 3.63. The Hall–Kier alpha value is -1.76. The van der Waals surface area contributed by atoms with Crippen molar-refractivity contribution < 1.29 is 4.74 Å². The van der Waals surface area contributed by atoms with Crippen LogP contribution in [0.2, 0.25) is 0 Å². The van der Waals surface area contributed by atoms with E-state index in [2.05, 4.69) is 52.2 Å². The van der Waals surface area contributed by atoms with E-state index in [0.717, 1.165) is 32.7 Å². The molecule has 0 aliphatic heterocycles. The lowest BCUT2D eigenvalue weighted by molar-refractivity contribution is 0.199. The van der Waals surface area contributed by atoms with E-state index in [1.807, 2.05) is 6.92 Å². The van der Waals surface area contributed by atoms with Crippen molar-refractivity contribution in [3.05, 3.63) is 36.0 Å². The molecule has 1 heterocycles. The van der Waals surface area contributed by atoms with Crippen LogP contribution in [0.15, 0.2) is 30.5 Å². The van der Waals surface area contributed by atoms with Crippen LogP contribution in [0, 0.1) is 11.8 Å². The van der Waals surface area contributed by atoms with Crippen molar-refractivity contribution in [3.63, 3.8) is 0 Å². The third-order valence-corrected chi connectivity index (χ3v) is 3.32. The molecule has 0 unspecified atom stereocenters. The average molecular weight is 270 g/mol. The summed E-state index contributed by atoms with van der Waals surface area (Å²) in [4.78, 5) is 0. The van der Waals surface area contributed by atoms with Gasteiger partial charge in [-0.3, -0.25) is 0 Å². The molecule has 1 aromatic carbocycles. The lowest BCUT2D eigenvalue weighted by Gasteiger charge is -2.02. The monoisotopic (exact) mass is 270 g/mol. The number of nitrogens with one attached hydrogen (secondary N) is 1. The quantitative estimate of drug-likeness (QED) is 0.618. The predicted octanol–water partition coefficient (Wildman–Crippen LogP) is 2.79. The highest BCUT2D eigenvalue weighted by Crippen LogP contribution is 2.21. The first-order valence-corrected chi connectivity index (χ1v) is 7.03. The molecular formula is C17H22N2O. The van der Waals surface area contributed by atoms with Crippen LogP contribution in [0.5, 0.6) is 0 Å². The van der Waals surface area contributed by atoms with Crippen molar-refractivity contribution in [2.24, 2.45) is 0 Å². The first-order valence-electron chi connectivity index (χ1n) is 7.03. The molecule has 3 heteroatoms. The van der Waals surface area contributed by atoms with Gasteiger partial charge in [-0.05, 0) is 18.6 Å². The van der Waals surface area contributed by atoms with Crippen LogP contribution in [0.4, 0.5) is 0 Å². The zero-order chi connectivity index (χ0) is 14.2. The first-order chi connectivity index (χ1) is 9.86. The largest absolute Gasteiger partial charge is 0.383 e. The lowest BCUT2D eigenvalue weighted by Crippen LogP contribution is -2.18. The van der Waals surface area contributed by atoms with E-state index in [1.54, 1.807) is 7.11 Å². The summed E-state index contributed by atoms with van der Waals surface area (Å²) in [6, 6.07) is 8.54. The van der Waals surface area contributed by atoms with Crippen LogP contribution in [0.1, 0.15) is 18.9 Å². The number of rotatable bonds is 7. The third-order valence-electron chi connectivity index (χ3n) is 3.32. The van der Waals surface area contributed by atoms with Gasteiger partial charge in [-0.2, -0.15) is 0 Å². The van der Waals surface area contributed by atoms with E-state index in [0.29, 0.717) is 0 Å². The van der Waals surface area contributed by atoms with E-state index < -0.39 is 0 Å². The van der Waals surface area contributed by atoms with Gasteiger partial charge in [0.25, 0.3) is 0 Å². The van der Waals surface area contributed by atoms with Gasteiger partial charge >= 0.3 is 0 Å². The Kier molecular flexibility index (Phi) is 5.67. The Morgan fingerprint density at radius 1 is 1.30 bits per heavy atom. The predicted molar refractivity (Wildman–Crippen MR) is 83.6 cm³/mol. The lowest BCUT2D eigenvalue weighted by atomic mass is 10.2. The molecule has 0 atom stereocenters. The molecule has 20 heavy (non-hydrogen) atoms. The zero-order valence-electron chi connectivity index (χ0n) is 12.3. The standard InChI is InChI=1S/C17H22N2O/c1-3-4-7-11-19-14-15(13-18-10-12-20-2)16-8-5-6-9-17(16)19/h5-6,8-9,14,18H,7,10-13H2,1-2H3. The second-order valence-electron chi connectivity index (χ2n) is 4.71. The summed E-state index contributed by atoms with van der Waals surface area (Å²) in [6.07, 6.45) is 3.13. The maximum atomic E-state index is 5.06. The fourth-order valence-electron chi connectivity index (χ4n) is 2.35. The number of aryl methyl sites for hydroxylation is 1. The van der Waals surface area contributed by atoms with Crippen molar-refractivity contribution in [2.45, 2.75) is 26.4 Å². The molecule has 0 radical (unpaired) electrons. The van der Waals surface area contributed by atoms with Gasteiger partial charge < -0.3 is 14.6 Å². The number of fused-ring (bicyclic) bond motifs is 1. The Morgan fingerprint density at radius 2 is 2.15 bits per heavy atom. The van der Waals surface area contributed by atoms with E-state index >= 15 is 0 Å². The Bertz CT molecular complexity index is 604. The molecule has 106 valence electrons. The first kappa shape index (κ1) is 14.6. The zero-order valence-corrected chi connectivity index (χ0v) is 12.3. The van der Waals surface area contributed by atoms with E-state index in [-0.39, 0.29) is 0 Å². The molecular weight excluding hydrogens is 248 g/mol. The molecule has 2 aromatic rings. The molecule has 0 fully saturated rings. The molecule has 0 aliphatic rings. The highest BCUT2D eigenvalue weighted by molar-refractivity contribution is 5.83. The summed E-state index contributed by atoms with van der Waals surface area (Å²) >= 11 is 0.